The average Bonchev–Trinajstić information content (AvgIpc) is 2.89. The van der Waals surface area contributed by atoms with Gasteiger partial charge in [0.2, 0.25) is 5.91 Å². The van der Waals surface area contributed by atoms with E-state index in [-0.39, 0.29) is 42.5 Å². The van der Waals surface area contributed by atoms with E-state index in [2.05, 4.69) is 10.3 Å². The smallest absolute Gasteiger partial charge is 0.320 e. The number of aromatic nitrogens is 1. The van der Waals surface area contributed by atoms with Crippen LogP contribution in [0.5, 0.6) is 0 Å². The Balaban J connectivity index is 1.29. The number of pyridine rings is 1. The lowest BCUT2D eigenvalue weighted by Crippen LogP contribution is -2.62. The molecular formula is C26H32N4O5S. The van der Waals surface area contributed by atoms with Crippen molar-refractivity contribution >= 4 is 21.8 Å². The van der Waals surface area contributed by atoms with Crippen LogP contribution in [-0.4, -0.2) is 86.3 Å². The summed E-state index contributed by atoms with van der Waals surface area (Å²) >= 11 is 0. The number of hydrogen-bond acceptors (Lipinski definition) is 6. The van der Waals surface area contributed by atoms with Crippen LogP contribution in [0.3, 0.4) is 0 Å². The van der Waals surface area contributed by atoms with E-state index in [1.54, 1.807) is 24.4 Å². The third kappa shape index (κ3) is 5.24. The molecule has 3 aliphatic heterocycles. The zero-order valence-electron chi connectivity index (χ0n) is 20.4. The van der Waals surface area contributed by atoms with Gasteiger partial charge in [-0.1, -0.05) is 18.2 Å². The number of carbonyl (C=O) groups is 2. The predicted molar refractivity (Wildman–Crippen MR) is 133 cm³/mol. The Morgan fingerprint density at radius 2 is 1.86 bits per heavy atom. The van der Waals surface area contributed by atoms with Crippen LogP contribution in [0, 0.1) is 5.92 Å². The summed E-state index contributed by atoms with van der Waals surface area (Å²) in [6, 6.07) is 12.8. The van der Waals surface area contributed by atoms with Gasteiger partial charge in [0.1, 0.15) is 6.61 Å². The molecule has 5 rings (SSSR count). The summed E-state index contributed by atoms with van der Waals surface area (Å²) in [5, 5.41) is 2.95. The molecule has 0 aliphatic carbocycles. The molecule has 3 saturated heterocycles. The Morgan fingerprint density at radius 1 is 1.08 bits per heavy atom. The number of piperidine rings is 2. The van der Waals surface area contributed by atoms with Gasteiger partial charge in [-0.15, -0.1) is 0 Å². The zero-order valence-corrected chi connectivity index (χ0v) is 21.2. The Kier molecular flexibility index (Phi) is 6.98. The summed E-state index contributed by atoms with van der Waals surface area (Å²) in [6.07, 6.45) is 5.25. The highest BCUT2D eigenvalue weighted by Crippen LogP contribution is 2.38. The number of nitrogens with one attached hydrogen (secondary N) is 1. The van der Waals surface area contributed by atoms with Crippen molar-refractivity contribution in [2.45, 2.75) is 42.2 Å². The number of nitrogens with zero attached hydrogens (tertiary/aromatic N) is 3. The number of likely N-dealkylation sites (tertiary alicyclic amines) is 2. The maximum absolute atomic E-state index is 13.3. The van der Waals surface area contributed by atoms with Gasteiger partial charge in [-0.05, 0) is 55.0 Å². The Labute approximate surface area is 211 Å². The van der Waals surface area contributed by atoms with Crippen molar-refractivity contribution in [3.05, 3.63) is 59.9 Å². The first-order chi connectivity index (χ1) is 17.3. The van der Waals surface area contributed by atoms with E-state index in [0.29, 0.717) is 37.5 Å². The molecule has 1 aromatic carbocycles. The molecule has 2 aromatic rings. The topological polar surface area (TPSA) is 109 Å². The summed E-state index contributed by atoms with van der Waals surface area (Å²) in [4.78, 5) is 33.6. The van der Waals surface area contributed by atoms with Crippen molar-refractivity contribution < 1.29 is 22.7 Å². The van der Waals surface area contributed by atoms with Gasteiger partial charge in [0.15, 0.2) is 9.84 Å². The quantitative estimate of drug-likeness (QED) is 0.672. The highest BCUT2D eigenvalue weighted by atomic mass is 32.2. The molecule has 36 heavy (non-hydrogen) atoms. The molecule has 3 aliphatic rings. The van der Waals surface area contributed by atoms with Gasteiger partial charge in [-0.2, -0.15) is 0 Å². The number of ether oxygens (including phenoxy) is 1. The third-order valence-corrected chi connectivity index (χ3v) is 8.64. The summed E-state index contributed by atoms with van der Waals surface area (Å²) < 4.78 is 30.0. The van der Waals surface area contributed by atoms with Crippen LogP contribution in [0.15, 0.2) is 53.6 Å². The molecule has 0 bridgehead atoms. The van der Waals surface area contributed by atoms with Gasteiger partial charge in [0.05, 0.1) is 17.0 Å². The van der Waals surface area contributed by atoms with Crippen molar-refractivity contribution in [1.82, 2.24) is 20.1 Å². The Hall–Kier alpha value is -2.98. The second-order valence-corrected chi connectivity index (χ2v) is 12.0. The summed E-state index contributed by atoms with van der Waals surface area (Å²) in [7, 11) is -3.33. The molecule has 3 amide bonds. The highest BCUT2D eigenvalue weighted by Gasteiger charge is 2.39. The van der Waals surface area contributed by atoms with Gasteiger partial charge in [-0.25, -0.2) is 13.2 Å². The second-order valence-electron chi connectivity index (χ2n) is 9.94. The first kappa shape index (κ1) is 24.7. The number of rotatable bonds is 4. The van der Waals surface area contributed by atoms with Crippen molar-refractivity contribution in [3.8, 4) is 0 Å². The maximum Gasteiger partial charge on any atom is 0.320 e. The van der Waals surface area contributed by atoms with Crippen LogP contribution in [0.1, 0.15) is 36.4 Å². The molecular weight excluding hydrogens is 480 g/mol. The first-order valence-corrected chi connectivity index (χ1v) is 14.3. The number of sulfone groups is 1. The van der Waals surface area contributed by atoms with Gasteiger partial charge >= 0.3 is 6.03 Å². The highest BCUT2D eigenvalue weighted by molar-refractivity contribution is 7.90. The van der Waals surface area contributed by atoms with E-state index in [0.717, 1.165) is 24.1 Å². The van der Waals surface area contributed by atoms with Crippen LogP contribution < -0.4 is 5.32 Å². The third-order valence-electron chi connectivity index (χ3n) is 7.53. The standard InChI is InChI=1S/C26H32N4O5S/c1-36(33,34)20-6-4-5-19(15-20)25(21-7-2-3-11-27-21)18-8-12-29(13-9-18)26(32)30-14-10-23-22(16-30)28-24(31)17-35-23/h2-7,11,15,18,22-23,25H,8-10,12-14,16-17H2,1H3,(H,28,31)/t22-,23?,25?/m1/s1. The zero-order chi connectivity index (χ0) is 25.3. The van der Waals surface area contributed by atoms with E-state index >= 15 is 0 Å². The molecule has 3 atom stereocenters. The fraction of sp³-hybridized carbons (Fsp3) is 0.500. The van der Waals surface area contributed by atoms with Gasteiger partial charge in [0, 0.05) is 50.2 Å². The van der Waals surface area contributed by atoms with Gasteiger partial charge in [-0.3, -0.25) is 9.78 Å². The minimum absolute atomic E-state index is 0.000169. The molecule has 1 N–H and O–H groups in total. The van der Waals surface area contributed by atoms with E-state index in [1.165, 1.54) is 6.26 Å². The number of urea groups is 1. The predicted octanol–water partition coefficient (Wildman–Crippen LogP) is 2.04. The lowest BCUT2D eigenvalue weighted by atomic mass is 9.78. The Morgan fingerprint density at radius 3 is 2.58 bits per heavy atom. The summed E-state index contributed by atoms with van der Waals surface area (Å²) in [6.45, 7) is 2.40. The van der Waals surface area contributed by atoms with E-state index < -0.39 is 9.84 Å². The molecule has 1 aromatic heterocycles. The van der Waals surface area contributed by atoms with E-state index in [1.807, 2.05) is 34.1 Å². The van der Waals surface area contributed by atoms with Crippen LogP contribution >= 0.6 is 0 Å². The molecule has 2 unspecified atom stereocenters. The molecule has 10 heteroatoms. The maximum atomic E-state index is 13.3. The summed E-state index contributed by atoms with van der Waals surface area (Å²) in [5.74, 6) is 0.0258. The van der Waals surface area contributed by atoms with Crippen molar-refractivity contribution in [1.29, 1.82) is 0 Å². The molecule has 4 heterocycles. The fourth-order valence-corrected chi connectivity index (χ4v) is 6.36. The Bertz CT molecular complexity index is 1210. The van der Waals surface area contributed by atoms with Crippen molar-refractivity contribution in [2.75, 3.05) is 39.0 Å². The molecule has 0 radical (unpaired) electrons. The van der Waals surface area contributed by atoms with Gasteiger partial charge in [0.25, 0.3) is 0 Å². The number of amides is 3. The van der Waals surface area contributed by atoms with Crippen molar-refractivity contribution in [3.63, 3.8) is 0 Å². The summed E-state index contributed by atoms with van der Waals surface area (Å²) in [5.41, 5.74) is 1.83. The fourth-order valence-electron chi connectivity index (χ4n) is 5.68. The minimum atomic E-state index is -3.33. The van der Waals surface area contributed by atoms with Crippen LogP contribution in [0.2, 0.25) is 0 Å². The average molecular weight is 513 g/mol. The van der Waals surface area contributed by atoms with E-state index in [9.17, 15) is 18.0 Å². The van der Waals surface area contributed by atoms with Gasteiger partial charge < -0.3 is 19.9 Å². The second kappa shape index (κ2) is 10.2. The minimum Gasteiger partial charge on any atom is -0.366 e. The molecule has 9 nitrogen and oxygen atoms in total. The van der Waals surface area contributed by atoms with E-state index in [4.69, 9.17) is 4.74 Å². The van der Waals surface area contributed by atoms with Crippen LogP contribution in [0.4, 0.5) is 4.79 Å². The number of carbonyl (C=O) groups excluding carboxylic acids is 2. The molecule has 0 spiro atoms. The van der Waals surface area contributed by atoms with Crippen LogP contribution in [-0.2, 0) is 19.4 Å². The lowest BCUT2D eigenvalue weighted by molar-refractivity contribution is -0.139. The lowest BCUT2D eigenvalue weighted by Gasteiger charge is -2.44. The van der Waals surface area contributed by atoms with Crippen molar-refractivity contribution in [2.24, 2.45) is 5.92 Å². The number of hydrogen-bond donors (Lipinski definition) is 1. The monoisotopic (exact) mass is 512 g/mol. The van der Waals surface area contributed by atoms with Crippen LogP contribution in [0.25, 0.3) is 0 Å². The molecule has 3 fully saturated rings. The normalized spacial score (nSPS) is 24.1. The largest absolute Gasteiger partial charge is 0.366 e. The first-order valence-electron chi connectivity index (χ1n) is 12.5. The number of fused-ring (bicyclic) bond motifs is 1. The molecule has 192 valence electrons. The molecule has 0 saturated carbocycles. The number of benzene rings is 1. The number of morpholine rings is 1. The SMILES string of the molecule is CS(=O)(=O)c1cccc(C(c2ccccn2)C2CCN(C(=O)N3CCC4OCC(=O)N[C@@H]4C3)CC2)c1.